The smallest absolute Gasteiger partial charge is 0.0753 e. The van der Waals surface area contributed by atoms with Crippen LogP contribution >= 0.6 is 11.3 Å². The van der Waals surface area contributed by atoms with Crippen LogP contribution in [0.15, 0.2) is 84.2 Å². The van der Waals surface area contributed by atoms with Crippen molar-refractivity contribution in [3.8, 4) is 0 Å². The van der Waals surface area contributed by atoms with Crippen LogP contribution in [0.5, 0.6) is 0 Å². The van der Waals surface area contributed by atoms with E-state index in [1.54, 1.807) is 11.3 Å². The number of hydrogen-bond acceptors (Lipinski definition) is 5. The highest BCUT2D eigenvalue weighted by molar-refractivity contribution is 7.07. The summed E-state index contributed by atoms with van der Waals surface area (Å²) < 4.78 is 0. The predicted molar refractivity (Wildman–Crippen MR) is 153 cm³/mol. The van der Waals surface area contributed by atoms with E-state index < -0.39 is 0 Å². The van der Waals surface area contributed by atoms with Gasteiger partial charge in [0.2, 0.25) is 0 Å². The molecule has 36 heavy (non-hydrogen) atoms. The average Bonchev–Trinajstić information content (AvgIpc) is 3.44. The molecule has 1 saturated heterocycles. The van der Waals surface area contributed by atoms with Gasteiger partial charge in [0.25, 0.3) is 0 Å². The summed E-state index contributed by atoms with van der Waals surface area (Å²) in [5.41, 5.74) is 7.41. The van der Waals surface area contributed by atoms with Gasteiger partial charge in [-0.2, -0.15) is 11.3 Å². The van der Waals surface area contributed by atoms with E-state index in [1.807, 2.05) is 12.3 Å². The quantitative estimate of drug-likeness (QED) is 0.263. The van der Waals surface area contributed by atoms with Crippen LogP contribution in [0.3, 0.4) is 0 Å². The highest BCUT2D eigenvalue weighted by Gasteiger charge is 2.28. The van der Waals surface area contributed by atoms with E-state index in [1.165, 1.54) is 27.6 Å². The highest BCUT2D eigenvalue weighted by Crippen LogP contribution is 2.34. The number of thiophene rings is 1. The molecule has 1 atom stereocenters. The first kappa shape index (κ1) is 24.7. The molecule has 3 heterocycles. The summed E-state index contributed by atoms with van der Waals surface area (Å²) in [7, 11) is 0. The maximum absolute atomic E-state index is 4.82. The van der Waals surface area contributed by atoms with Gasteiger partial charge in [0.15, 0.2) is 0 Å². The number of para-hydroxylation sites is 1. The Morgan fingerprint density at radius 3 is 2.42 bits per heavy atom. The van der Waals surface area contributed by atoms with Gasteiger partial charge >= 0.3 is 0 Å². The molecule has 0 radical (unpaired) electrons. The average molecular weight is 497 g/mol. The molecule has 2 aromatic heterocycles. The molecule has 0 N–H and O–H groups in total. The first-order valence-corrected chi connectivity index (χ1v) is 14.0. The number of aromatic nitrogens is 1. The molecule has 4 nitrogen and oxygen atoms in total. The second-order valence-electron chi connectivity index (χ2n) is 9.51. The fourth-order valence-electron chi connectivity index (χ4n) is 5.40. The molecule has 2 aromatic carbocycles. The zero-order valence-electron chi connectivity index (χ0n) is 21.4. The normalized spacial score (nSPS) is 15.7. The van der Waals surface area contributed by atoms with Crippen molar-refractivity contribution in [2.24, 2.45) is 0 Å². The van der Waals surface area contributed by atoms with E-state index in [2.05, 4.69) is 100 Å². The first-order valence-electron chi connectivity index (χ1n) is 13.0. The molecular formula is C31H36N4S. The maximum Gasteiger partial charge on any atom is 0.0753 e. The fourth-order valence-corrected chi connectivity index (χ4v) is 6.06. The van der Waals surface area contributed by atoms with Crippen LogP contribution in [0.25, 0.3) is 16.6 Å². The summed E-state index contributed by atoms with van der Waals surface area (Å²) >= 11 is 1.78. The van der Waals surface area contributed by atoms with Gasteiger partial charge in [-0.3, -0.25) is 14.8 Å². The second-order valence-corrected chi connectivity index (χ2v) is 10.3. The van der Waals surface area contributed by atoms with Crippen molar-refractivity contribution in [3.63, 3.8) is 0 Å². The Morgan fingerprint density at radius 2 is 1.72 bits per heavy atom. The number of piperazine rings is 1. The minimum Gasteiger partial charge on any atom is -0.372 e. The van der Waals surface area contributed by atoms with E-state index in [9.17, 15) is 0 Å². The van der Waals surface area contributed by atoms with Crippen LogP contribution in [0.4, 0.5) is 0 Å². The Kier molecular flexibility index (Phi) is 7.81. The molecule has 1 unspecified atom stereocenters. The van der Waals surface area contributed by atoms with Gasteiger partial charge in [0.05, 0.1) is 11.6 Å². The molecule has 1 aliphatic rings. The topological polar surface area (TPSA) is 22.6 Å². The van der Waals surface area contributed by atoms with Gasteiger partial charge in [-0.05, 0) is 53.4 Å². The van der Waals surface area contributed by atoms with Gasteiger partial charge in [-0.15, -0.1) is 0 Å². The van der Waals surface area contributed by atoms with Crippen molar-refractivity contribution in [2.75, 3.05) is 39.3 Å². The van der Waals surface area contributed by atoms with Crippen molar-refractivity contribution >= 4 is 27.9 Å². The molecule has 5 heteroatoms. The van der Waals surface area contributed by atoms with Gasteiger partial charge in [-0.1, -0.05) is 55.1 Å². The molecule has 1 aliphatic heterocycles. The van der Waals surface area contributed by atoms with E-state index in [0.717, 1.165) is 57.0 Å². The number of pyridine rings is 1. The van der Waals surface area contributed by atoms with E-state index in [-0.39, 0.29) is 6.04 Å². The zero-order valence-corrected chi connectivity index (χ0v) is 22.3. The summed E-state index contributed by atoms with van der Waals surface area (Å²) in [6.07, 6.45) is 1.92. The lowest BCUT2D eigenvalue weighted by Crippen LogP contribution is -2.47. The third-order valence-corrected chi connectivity index (χ3v) is 8.15. The summed E-state index contributed by atoms with van der Waals surface area (Å²) in [6, 6.07) is 22.3. The molecule has 0 spiro atoms. The van der Waals surface area contributed by atoms with Crippen LogP contribution in [-0.4, -0.2) is 59.0 Å². The van der Waals surface area contributed by atoms with E-state index in [4.69, 9.17) is 4.98 Å². The van der Waals surface area contributed by atoms with Crippen molar-refractivity contribution in [1.82, 2.24) is 19.7 Å². The molecule has 0 bridgehead atoms. The Labute approximate surface area is 219 Å². The molecule has 5 rings (SSSR count). The minimum absolute atomic E-state index is 0.169. The standard InChI is InChI=1S/C31H36N4S/c1-4-34(5-2)24(3)26-11-13-28(14-12-26)31(29-10-6-8-27-9-7-16-32-30(27)29)35-19-17-33(18-20-35)22-25-15-21-36-23-25/h6-16,21,23,31H,3-5,17-20,22H2,1-2H3. The van der Waals surface area contributed by atoms with E-state index in [0.29, 0.717) is 0 Å². The molecular weight excluding hydrogens is 460 g/mol. The van der Waals surface area contributed by atoms with Crippen molar-refractivity contribution in [2.45, 2.75) is 26.4 Å². The van der Waals surface area contributed by atoms with Gasteiger partial charge in [-0.25, -0.2) is 0 Å². The lowest BCUT2D eigenvalue weighted by atomic mass is 9.93. The molecule has 186 valence electrons. The van der Waals surface area contributed by atoms with Crippen molar-refractivity contribution in [1.29, 1.82) is 0 Å². The summed E-state index contributed by atoms with van der Waals surface area (Å²) in [4.78, 5) is 12.4. The summed E-state index contributed by atoms with van der Waals surface area (Å²) in [5.74, 6) is 0. The Bertz CT molecular complexity index is 1260. The largest absolute Gasteiger partial charge is 0.372 e. The maximum atomic E-state index is 4.82. The monoisotopic (exact) mass is 496 g/mol. The fraction of sp³-hybridized carbons (Fsp3) is 0.323. The van der Waals surface area contributed by atoms with Gasteiger partial charge in [0.1, 0.15) is 0 Å². The Morgan fingerprint density at radius 1 is 0.972 bits per heavy atom. The van der Waals surface area contributed by atoms with Crippen molar-refractivity contribution < 1.29 is 0 Å². The van der Waals surface area contributed by atoms with Crippen LogP contribution in [0.2, 0.25) is 0 Å². The molecule has 0 saturated carbocycles. The SMILES string of the molecule is C=C(c1ccc(C(c2cccc3cccnc23)N2CCN(Cc3ccsc3)CC2)cc1)N(CC)CC. The number of hydrogen-bond donors (Lipinski definition) is 0. The van der Waals surface area contributed by atoms with Gasteiger partial charge in [0, 0.05) is 68.7 Å². The Hall–Kier alpha value is -2.99. The van der Waals surface area contributed by atoms with Crippen LogP contribution in [0, 0.1) is 0 Å². The Balaban J connectivity index is 1.45. The highest BCUT2D eigenvalue weighted by atomic mass is 32.1. The summed E-state index contributed by atoms with van der Waals surface area (Å²) in [6.45, 7) is 15.9. The zero-order chi connectivity index (χ0) is 24.9. The summed E-state index contributed by atoms with van der Waals surface area (Å²) in [5, 5.41) is 5.64. The lowest BCUT2D eigenvalue weighted by Gasteiger charge is -2.40. The third kappa shape index (κ3) is 5.24. The number of rotatable bonds is 9. The van der Waals surface area contributed by atoms with Crippen LogP contribution in [-0.2, 0) is 6.54 Å². The molecule has 1 fully saturated rings. The van der Waals surface area contributed by atoms with Crippen LogP contribution < -0.4 is 0 Å². The number of benzene rings is 2. The number of nitrogens with zero attached hydrogens (tertiary/aromatic N) is 4. The molecule has 0 aliphatic carbocycles. The predicted octanol–water partition coefficient (Wildman–Crippen LogP) is 6.52. The lowest BCUT2D eigenvalue weighted by molar-refractivity contribution is 0.105. The third-order valence-electron chi connectivity index (χ3n) is 7.42. The van der Waals surface area contributed by atoms with Crippen molar-refractivity contribution in [3.05, 3.63) is 106 Å². The first-order chi connectivity index (χ1) is 17.7. The second kappa shape index (κ2) is 11.4. The number of fused-ring (bicyclic) bond motifs is 1. The van der Waals surface area contributed by atoms with E-state index >= 15 is 0 Å². The minimum atomic E-state index is 0.169. The molecule has 4 aromatic rings. The van der Waals surface area contributed by atoms with Gasteiger partial charge < -0.3 is 4.90 Å². The van der Waals surface area contributed by atoms with Crippen LogP contribution in [0.1, 0.15) is 42.1 Å². The molecule has 0 amide bonds.